The van der Waals surface area contributed by atoms with Crippen molar-refractivity contribution in [3.63, 3.8) is 0 Å². The number of benzene rings is 1. The number of ether oxygens (including phenoxy) is 3. The molecule has 1 aliphatic heterocycles. The fraction of sp³-hybridized carbons (Fsp3) is 0.333. The molecule has 0 aliphatic carbocycles. The van der Waals surface area contributed by atoms with E-state index < -0.39 is 0 Å². The average Bonchev–Trinajstić information content (AvgIpc) is 2.75. The minimum absolute atomic E-state index is 0.262. The number of hydrogen-bond donors (Lipinski definition) is 1. The lowest BCUT2D eigenvalue weighted by Crippen LogP contribution is -2.02. The zero-order valence-corrected chi connectivity index (χ0v) is 9.23. The summed E-state index contributed by atoms with van der Waals surface area (Å²) in [6.07, 6.45) is 3.87. The molecule has 16 heavy (non-hydrogen) atoms. The van der Waals surface area contributed by atoms with Gasteiger partial charge in [-0.15, -0.1) is 0 Å². The zero-order chi connectivity index (χ0) is 11.4. The average molecular weight is 221 g/mol. The molecular weight excluding hydrogens is 206 g/mol. The maximum absolute atomic E-state index is 5.65. The van der Waals surface area contributed by atoms with Crippen molar-refractivity contribution in [3.8, 4) is 17.2 Å². The van der Waals surface area contributed by atoms with Crippen LogP contribution in [0, 0.1) is 0 Å². The van der Waals surface area contributed by atoms with Crippen molar-refractivity contribution >= 4 is 0 Å². The highest BCUT2D eigenvalue weighted by Gasteiger charge is 2.17. The Kier molecular flexibility index (Phi) is 3.31. The summed E-state index contributed by atoms with van der Waals surface area (Å²) in [5.74, 6) is 2.20. The Morgan fingerprint density at radius 1 is 1.38 bits per heavy atom. The van der Waals surface area contributed by atoms with Crippen LogP contribution in [-0.4, -0.2) is 13.4 Å². The molecule has 0 saturated heterocycles. The molecule has 0 unspecified atom stereocenters. The summed E-state index contributed by atoms with van der Waals surface area (Å²) >= 11 is 0. The van der Waals surface area contributed by atoms with Crippen molar-refractivity contribution in [1.82, 2.24) is 0 Å². The highest BCUT2D eigenvalue weighted by atomic mass is 16.7. The molecule has 1 aromatic carbocycles. The summed E-state index contributed by atoms with van der Waals surface area (Å²) in [6, 6.07) is 3.70. The molecule has 0 fully saturated rings. The van der Waals surface area contributed by atoms with Gasteiger partial charge in [0.1, 0.15) is 12.4 Å². The molecule has 2 rings (SSSR count). The van der Waals surface area contributed by atoms with E-state index in [9.17, 15) is 0 Å². The van der Waals surface area contributed by atoms with Crippen molar-refractivity contribution in [2.75, 3.05) is 13.4 Å². The first kappa shape index (κ1) is 10.8. The van der Waals surface area contributed by atoms with E-state index in [1.165, 1.54) is 0 Å². The van der Waals surface area contributed by atoms with Crippen molar-refractivity contribution in [1.29, 1.82) is 0 Å². The minimum Gasteiger partial charge on any atom is -0.489 e. The summed E-state index contributed by atoms with van der Waals surface area (Å²) < 4.78 is 16.1. The maximum Gasteiger partial charge on any atom is 0.231 e. The van der Waals surface area contributed by atoms with Crippen molar-refractivity contribution in [2.24, 2.45) is 5.73 Å². The van der Waals surface area contributed by atoms with Gasteiger partial charge in [0.25, 0.3) is 0 Å². The molecule has 2 N–H and O–H groups in total. The first-order chi connectivity index (χ1) is 7.85. The van der Waals surface area contributed by atoms with Gasteiger partial charge in [-0.1, -0.05) is 12.2 Å². The van der Waals surface area contributed by atoms with E-state index in [2.05, 4.69) is 0 Å². The quantitative estimate of drug-likeness (QED) is 0.788. The van der Waals surface area contributed by atoms with Crippen LogP contribution in [0.5, 0.6) is 17.2 Å². The molecule has 1 aliphatic rings. The molecule has 0 bridgehead atoms. The fourth-order valence-corrected chi connectivity index (χ4v) is 1.49. The van der Waals surface area contributed by atoms with Crippen LogP contribution in [0.2, 0.25) is 0 Å². The predicted octanol–water partition coefficient (Wildman–Crippen LogP) is 1.83. The van der Waals surface area contributed by atoms with Crippen LogP contribution in [-0.2, 0) is 6.54 Å². The van der Waals surface area contributed by atoms with E-state index in [0.717, 1.165) is 17.1 Å². The molecule has 0 radical (unpaired) electrons. The molecule has 1 heterocycles. The summed E-state index contributed by atoms with van der Waals surface area (Å²) in [5.41, 5.74) is 6.58. The second kappa shape index (κ2) is 4.90. The maximum atomic E-state index is 5.65. The van der Waals surface area contributed by atoms with Gasteiger partial charge < -0.3 is 19.9 Å². The first-order valence-corrected chi connectivity index (χ1v) is 5.21. The van der Waals surface area contributed by atoms with Crippen LogP contribution in [0.15, 0.2) is 24.3 Å². The minimum atomic E-state index is 0.262. The lowest BCUT2D eigenvalue weighted by Gasteiger charge is -2.09. The van der Waals surface area contributed by atoms with Gasteiger partial charge in [-0.05, 0) is 13.0 Å². The lowest BCUT2D eigenvalue weighted by atomic mass is 10.2. The van der Waals surface area contributed by atoms with E-state index in [0.29, 0.717) is 18.9 Å². The monoisotopic (exact) mass is 221 g/mol. The Morgan fingerprint density at radius 2 is 2.12 bits per heavy atom. The Hall–Kier alpha value is -1.68. The van der Waals surface area contributed by atoms with Crippen LogP contribution in [0.3, 0.4) is 0 Å². The van der Waals surface area contributed by atoms with Crippen LogP contribution in [0.4, 0.5) is 0 Å². The zero-order valence-electron chi connectivity index (χ0n) is 9.23. The molecule has 0 saturated carbocycles. The summed E-state index contributed by atoms with van der Waals surface area (Å²) in [5, 5.41) is 0. The SMILES string of the molecule is CC=CCOc1cc2c(cc1CN)OCO2. The van der Waals surface area contributed by atoms with Crippen molar-refractivity contribution in [3.05, 3.63) is 29.8 Å². The second-order valence-corrected chi connectivity index (χ2v) is 3.40. The van der Waals surface area contributed by atoms with Gasteiger partial charge in [0.15, 0.2) is 11.5 Å². The molecular formula is C12H15NO3. The molecule has 0 spiro atoms. The van der Waals surface area contributed by atoms with Gasteiger partial charge in [-0.3, -0.25) is 0 Å². The Balaban J connectivity index is 2.21. The van der Waals surface area contributed by atoms with E-state index in [1.807, 2.05) is 31.2 Å². The van der Waals surface area contributed by atoms with Gasteiger partial charge in [-0.2, -0.15) is 0 Å². The van der Waals surface area contributed by atoms with E-state index in [1.54, 1.807) is 0 Å². The number of allylic oxidation sites excluding steroid dienone is 1. The number of rotatable bonds is 4. The summed E-state index contributed by atoms with van der Waals surface area (Å²) in [6.45, 7) is 3.16. The molecule has 0 amide bonds. The highest BCUT2D eigenvalue weighted by molar-refractivity contribution is 5.51. The molecule has 4 heteroatoms. The third-order valence-corrected chi connectivity index (χ3v) is 2.35. The van der Waals surface area contributed by atoms with Gasteiger partial charge in [0.05, 0.1) is 0 Å². The first-order valence-electron chi connectivity index (χ1n) is 5.21. The van der Waals surface area contributed by atoms with Crippen molar-refractivity contribution < 1.29 is 14.2 Å². The lowest BCUT2D eigenvalue weighted by molar-refractivity contribution is 0.174. The molecule has 0 atom stereocenters. The van der Waals surface area contributed by atoms with Crippen LogP contribution >= 0.6 is 0 Å². The second-order valence-electron chi connectivity index (χ2n) is 3.40. The van der Waals surface area contributed by atoms with Gasteiger partial charge in [0.2, 0.25) is 6.79 Å². The Morgan fingerprint density at radius 3 is 2.81 bits per heavy atom. The van der Waals surface area contributed by atoms with Crippen LogP contribution in [0.1, 0.15) is 12.5 Å². The highest BCUT2D eigenvalue weighted by Crippen LogP contribution is 2.37. The largest absolute Gasteiger partial charge is 0.489 e. The van der Waals surface area contributed by atoms with Gasteiger partial charge in [-0.25, -0.2) is 0 Å². The predicted molar refractivity (Wildman–Crippen MR) is 60.8 cm³/mol. The van der Waals surface area contributed by atoms with Crippen molar-refractivity contribution in [2.45, 2.75) is 13.5 Å². The molecule has 1 aromatic rings. The summed E-state index contributed by atoms with van der Waals surface area (Å²) in [7, 11) is 0. The number of hydrogen-bond acceptors (Lipinski definition) is 4. The summed E-state index contributed by atoms with van der Waals surface area (Å²) in [4.78, 5) is 0. The van der Waals surface area contributed by atoms with E-state index in [4.69, 9.17) is 19.9 Å². The van der Waals surface area contributed by atoms with Crippen LogP contribution in [0.25, 0.3) is 0 Å². The van der Waals surface area contributed by atoms with Gasteiger partial charge >= 0.3 is 0 Å². The third kappa shape index (κ3) is 2.12. The number of nitrogens with two attached hydrogens (primary N) is 1. The third-order valence-electron chi connectivity index (χ3n) is 2.35. The Bertz CT molecular complexity index is 401. The smallest absolute Gasteiger partial charge is 0.231 e. The standard InChI is InChI=1S/C12H15NO3/c1-2-3-4-14-10-6-12-11(15-8-16-12)5-9(10)7-13/h2-3,5-6H,4,7-8,13H2,1H3. The van der Waals surface area contributed by atoms with E-state index >= 15 is 0 Å². The molecule has 4 nitrogen and oxygen atoms in total. The van der Waals surface area contributed by atoms with Gasteiger partial charge in [0, 0.05) is 18.2 Å². The number of fused-ring (bicyclic) bond motifs is 1. The van der Waals surface area contributed by atoms with Crippen LogP contribution < -0.4 is 19.9 Å². The molecule has 0 aromatic heterocycles. The van der Waals surface area contributed by atoms with E-state index in [-0.39, 0.29) is 6.79 Å². The fourth-order valence-electron chi connectivity index (χ4n) is 1.49. The topological polar surface area (TPSA) is 53.7 Å². The normalized spacial score (nSPS) is 13.4. The Labute approximate surface area is 94.6 Å². The molecule has 86 valence electrons.